The van der Waals surface area contributed by atoms with Crippen LogP contribution in [-0.2, 0) is 4.79 Å². The van der Waals surface area contributed by atoms with Crippen LogP contribution in [0.1, 0.15) is 17.9 Å². The van der Waals surface area contributed by atoms with Crippen LogP contribution in [0.25, 0.3) is 11.0 Å². The van der Waals surface area contributed by atoms with Crippen LogP contribution in [-0.4, -0.2) is 11.1 Å². The number of para-hydroxylation sites is 1. The van der Waals surface area contributed by atoms with Crippen molar-refractivity contribution in [3.8, 4) is 0 Å². The number of furan rings is 1. The lowest BCUT2D eigenvalue weighted by atomic mass is 10.1. The lowest BCUT2D eigenvalue weighted by molar-refractivity contribution is -0.138. The molecule has 1 N–H and O–H groups in total. The number of carbonyl (C=O) groups is 1. The molecule has 0 radical (unpaired) electrons. The maximum atomic E-state index is 10.8. The molecule has 1 aliphatic carbocycles. The SMILES string of the molecule is O=C(O)C1CC1c1coc2ccccc12. The summed E-state index contributed by atoms with van der Waals surface area (Å²) in [6.45, 7) is 0. The zero-order valence-electron chi connectivity index (χ0n) is 8.01. The molecule has 3 nitrogen and oxygen atoms in total. The first-order chi connectivity index (χ1) is 7.27. The van der Waals surface area contributed by atoms with Crippen LogP contribution in [0, 0.1) is 5.92 Å². The third-order valence-corrected chi connectivity index (χ3v) is 3.02. The number of rotatable bonds is 2. The smallest absolute Gasteiger partial charge is 0.307 e. The second kappa shape index (κ2) is 2.86. The van der Waals surface area contributed by atoms with E-state index in [9.17, 15) is 4.79 Å². The Hall–Kier alpha value is -1.77. The van der Waals surface area contributed by atoms with Crippen molar-refractivity contribution < 1.29 is 14.3 Å². The molecule has 1 heterocycles. The van der Waals surface area contributed by atoms with Gasteiger partial charge < -0.3 is 9.52 Å². The molecule has 3 heteroatoms. The second-order valence-corrected chi connectivity index (χ2v) is 3.97. The minimum Gasteiger partial charge on any atom is -0.481 e. The first-order valence-electron chi connectivity index (χ1n) is 4.96. The van der Waals surface area contributed by atoms with E-state index >= 15 is 0 Å². The Bertz CT molecular complexity index is 526. The number of fused-ring (bicyclic) bond motifs is 1. The minimum absolute atomic E-state index is 0.145. The third-order valence-electron chi connectivity index (χ3n) is 3.02. The number of benzene rings is 1. The van der Waals surface area contributed by atoms with E-state index in [2.05, 4.69) is 0 Å². The molecule has 1 aromatic heterocycles. The van der Waals surface area contributed by atoms with Gasteiger partial charge in [-0.25, -0.2) is 0 Å². The number of aliphatic carboxylic acids is 1. The molecule has 76 valence electrons. The number of carboxylic acids is 1. The van der Waals surface area contributed by atoms with Gasteiger partial charge in [0, 0.05) is 16.9 Å². The van der Waals surface area contributed by atoms with E-state index < -0.39 is 5.97 Å². The molecule has 15 heavy (non-hydrogen) atoms. The summed E-state index contributed by atoms with van der Waals surface area (Å²) in [4.78, 5) is 10.8. The van der Waals surface area contributed by atoms with Gasteiger partial charge in [-0.05, 0) is 12.5 Å². The zero-order valence-corrected chi connectivity index (χ0v) is 8.01. The average Bonchev–Trinajstić information content (AvgIpc) is 2.92. The number of carboxylic acid groups (broad SMARTS) is 1. The Labute approximate surface area is 86.3 Å². The molecule has 0 amide bonds. The van der Waals surface area contributed by atoms with Crippen LogP contribution in [0.2, 0.25) is 0 Å². The number of hydrogen-bond acceptors (Lipinski definition) is 2. The third kappa shape index (κ3) is 1.23. The van der Waals surface area contributed by atoms with E-state index in [1.165, 1.54) is 0 Å². The highest BCUT2D eigenvalue weighted by Gasteiger charge is 2.45. The minimum atomic E-state index is -0.703. The van der Waals surface area contributed by atoms with Crippen molar-refractivity contribution in [2.75, 3.05) is 0 Å². The molecule has 0 bridgehead atoms. The Morgan fingerprint density at radius 3 is 2.93 bits per heavy atom. The first kappa shape index (κ1) is 8.53. The van der Waals surface area contributed by atoms with Gasteiger partial charge in [-0.15, -0.1) is 0 Å². The Kier molecular flexibility index (Phi) is 1.63. The predicted molar refractivity (Wildman–Crippen MR) is 54.7 cm³/mol. The molecule has 1 fully saturated rings. The van der Waals surface area contributed by atoms with E-state index in [0.717, 1.165) is 23.0 Å². The Balaban J connectivity index is 2.03. The monoisotopic (exact) mass is 202 g/mol. The summed E-state index contributed by atoms with van der Waals surface area (Å²) in [6, 6.07) is 7.74. The van der Waals surface area contributed by atoms with Gasteiger partial charge in [-0.2, -0.15) is 0 Å². The van der Waals surface area contributed by atoms with E-state index in [4.69, 9.17) is 9.52 Å². The first-order valence-corrected chi connectivity index (χ1v) is 4.96. The normalized spacial score (nSPS) is 24.3. The molecular weight excluding hydrogens is 192 g/mol. The molecule has 0 saturated heterocycles. The van der Waals surface area contributed by atoms with Gasteiger partial charge in [-0.3, -0.25) is 4.79 Å². The topological polar surface area (TPSA) is 50.4 Å². The summed E-state index contributed by atoms with van der Waals surface area (Å²) in [5.41, 5.74) is 1.88. The molecule has 2 unspecified atom stereocenters. The van der Waals surface area contributed by atoms with Crippen molar-refractivity contribution >= 4 is 16.9 Å². The van der Waals surface area contributed by atoms with Crippen LogP contribution in [0.3, 0.4) is 0 Å². The molecule has 0 aliphatic heterocycles. The highest BCUT2D eigenvalue weighted by Crippen LogP contribution is 2.49. The van der Waals surface area contributed by atoms with Crippen LogP contribution < -0.4 is 0 Å². The maximum absolute atomic E-state index is 10.8. The van der Waals surface area contributed by atoms with Crippen molar-refractivity contribution in [2.24, 2.45) is 5.92 Å². The standard InChI is InChI=1S/C12H10O3/c13-12(14)9-5-8(9)10-6-15-11-4-2-1-3-7(10)11/h1-4,6,8-9H,5H2,(H,13,14). The number of hydrogen-bond donors (Lipinski definition) is 1. The van der Waals surface area contributed by atoms with Gasteiger partial charge in [-0.1, -0.05) is 18.2 Å². The molecule has 1 aliphatic rings. The summed E-state index contributed by atoms with van der Waals surface area (Å²) in [5, 5.41) is 9.91. The fourth-order valence-electron chi connectivity index (χ4n) is 2.10. The summed E-state index contributed by atoms with van der Waals surface area (Å²) in [5.74, 6) is -0.776. The fourth-order valence-corrected chi connectivity index (χ4v) is 2.10. The van der Waals surface area contributed by atoms with Crippen LogP contribution in [0.15, 0.2) is 34.9 Å². The van der Waals surface area contributed by atoms with Crippen molar-refractivity contribution in [1.82, 2.24) is 0 Å². The van der Waals surface area contributed by atoms with Gasteiger partial charge in [0.2, 0.25) is 0 Å². The van der Waals surface area contributed by atoms with E-state index in [1.54, 1.807) is 6.26 Å². The summed E-state index contributed by atoms with van der Waals surface area (Å²) >= 11 is 0. The summed E-state index contributed by atoms with van der Waals surface area (Å²) < 4.78 is 5.39. The van der Waals surface area contributed by atoms with Crippen LogP contribution in [0.5, 0.6) is 0 Å². The van der Waals surface area contributed by atoms with Gasteiger partial charge in [0.1, 0.15) is 5.58 Å². The van der Waals surface area contributed by atoms with E-state index in [1.807, 2.05) is 24.3 Å². The highest BCUT2D eigenvalue weighted by molar-refractivity contribution is 5.84. The quantitative estimate of drug-likeness (QED) is 0.814. The summed E-state index contributed by atoms with van der Waals surface area (Å²) in [6.07, 6.45) is 2.43. The lowest BCUT2D eigenvalue weighted by Crippen LogP contribution is -1.98. The molecule has 2 aromatic rings. The highest BCUT2D eigenvalue weighted by atomic mass is 16.4. The maximum Gasteiger partial charge on any atom is 0.307 e. The summed E-state index contributed by atoms with van der Waals surface area (Å²) in [7, 11) is 0. The molecule has 1 aromatic carbocycles. The van der Waals surface area contributed by atoms with Gasteiger partial charge in [0.05, 0.1) is 12.2 Å². The van der Waals surface area contributed by atoms with Crippen LogP contribution >= 0.6 is 0 Å². The van der Waals surface area contributed by atoms with Crippen LogP contribution in [0.4, 0.5) is 0 Å². The molecule has 0 spiro atoms. The van der Waals surface area contributed by atoms with E-state index in [0.29, 0.717) is 0 Å². The van der Waals surface area contributed by atoms with Crippen molar-refractivity contribution in [1.29, 1.82) is 0 Å². The predicted octanol–water partition coefficient (Wildman–Crippen LogP) is 2.62. The average molecular weight is 202 g/mol. The molecular formula is C12H10O3. The van der Waals surface area contributed by atoms with Gasteiger partial charge >= 0.3 is 5.97 Å². The lowest BCUT2D eigenvalue weighted by Gasteiger charge is -1.93. The van der Waals surface area contributed by atoms with Crippen molar-refractivity contribution in [3.05, 3.63) is 36.1 Å². The second-order valence-electron chi connectivity index (χ2n) is 3.97. The van der Waals surface area contributed by atoms with Crippen molar-refractivity contribution in [3.63, 3.8) is 0 Å². The molecule has 1 saturated carbocycles. The van der Waals surface area contributed by atoms with Gasteiger partial charge in [0.15, 0.2) is 0 Å². The molecule has 2 atom stereocenters. The van der Waals surface area contributed by atoms with Crippen molar-refractivity contribution in [2.45, 2.75) is 12.3 Å². The largest absolute Gasteiger partial charge is 0.481 e. The molecule has 3 rings (SSSR count). The Morgan fingerprint density at radius 1 is 1.40 bits per heavy atom. The Morgan fingerprint density at radius 2 is 2.20 bits per heavy atom. The van der Waals surface area contributed by atoms with E-state index in [-0.39, 0.29) is 11.8 Å². The van der Waals surface area contributed by atoms with Gasteiger partial charge in [0.25, 0.3) is 0 Å². The zero-order chi connectivity index (χ0) is 10.4. The fraction of sp³-hybridized carbons (Fsp3) is 0.250.